The van der Waals surface area contributed by atoms with Gasteiger partial charge in [-0.2, -0.15) is 0 Å². The number of thiazole rings is 1. The maximum Gasteiger partial charge on any atom is 0.194 e. The highest BCUT2D eigenvalue weighted by atomic mass is 127. The zero-order valence-corrected chi connectivity index (χ0v) is 19.8. The number of hydrogen-bond donors (Lipinski definition) is 1. The molecule has 2 aromatic rings. The fraction of sp³-hybridized carbons (Fsp3) is 0.474. The topological polar surface area (TPSA) is 59.0 Å². The van der Waals surface area contributed by atoms with Crippen molar-refractivity contribution in [2.45, 2.75) is 26.5 Å². The number of benzene rings is 1. The number of ether oxygens (including phenoxy) is 2. The van der Waals surface area contributed by atoms with Gasteiger partial charge in [0.1, 0.15) is 29.3 Å². The molecule has 0 radical (unpaired) electrons. The van der Waals surface area contributed by atoms with E-state index in [9.17, 15) is 4.39 Å². The first-order valence-electron chi connectivity index (χ1n) is 8.88. The van der Waals surface area contributed by atoms with Crippen LogP contribution in [-0.2, 0) is 11.3 Å². The van der Waals surface area contributed by atoms with Gasteiger partial charge in [0.15, 0.2) is 5.96 Å². The average molecular weight is 522 g/mol. The van der Waals surface area contributed by atoms with Gasteiger partial charge in [-0.3, -0.25) is 0 Å². The van der Waals surface area contributed by atoms with Gasteiger partial charge in [-0.1, -0.05) is 6.07 Å². The SMILES string of the molecule is CCNC(=NCCOc1cccc(F)c1)N(C)Cc1csc(C(C)OC)n1.I. The number of rotatable bonds is 9. The highest BCUT2D eigenvalue weighted by Crippen LogP contribution is 2.20. The minimum Gasteiger partial charge on any atom is -0.492 e. The molecule has 0 fully saturated rings. The van der Waals surface area contributed by atoms with Crippen molar-refractivity contribution >= 4 is 41.3 Å². The molecule has 0 amide bonds. The molecule has 0 saturated carbocycles. The lowest BCUT2D eigenvalue weighted by molar-refractivity contribution is 0.119. The van der Waals surface area contributed by atoms with E-state index in [2.05, 4.69) is 15.3 Å². The number of halogens is 2. The van der Waals surface area contributed by atoms with E-state index in [1.54, 1.807) is 30.6 Å². The lowest BCUT2D eigenvalue weighted by Crippen LogP contribution is -2.38. The molecule has 2 rings (SSSR count). The summed E-state index contributed by atoms with van der Waals surface area (Å²) in [6.45, 7) is 6.25. The average Bonchev–Trinajstić information content (AvgIpc) is 3.12. The van der Waals surface area contributed by atoms with Crippen molar-refractivity contribution in [3.05, 3.63) is 46.2 Å². The first-order chi connectivity index (χ1) is 13.0. The number of hydrogen-bond acceptors (Lipinski definition) is 5. The van der Waals surface area contributed by atoms with Crippen LogP contribution in [0.1, 0.15) is 30.7 Å². The van der Waals surface area contributed by atoms with Gasteiger partial charge in [0.25, 0.3) is 0 Å². The third kappa shape index (κ3) is 7.88. The van der Waals surface area contributed by atoms with Crippen molar-refractivity contribution in [1.29, 1.82) is 0 Å². The predicted molar refractivity (Wildman–Crippen MR) is 122 cm³/mol. The summed E-state index contributed by atoms with van der Waals surface area (Å²) in [7, 11) is 3.65. The smallest absolute Gasteiger partial charge is 0.194 e. The summed E-state index contributed by atoms with van der Waals surface area (Å²) in [6.07, 6.45) is -0.00377. The normalized spacial score (nSPS) is 12.2. The molecule has 1 heterocycles. The molecule has 28 heavy (non-hydrogen) atoms. The van der Waals surface area contributed by atoms with Crippen LogP contribution in [0.3, 0.4) is 0 Å². The Balaban J connectivity index is 0.00000392. The molecule has 0 aliphatic carbocycles. The summed E-state index contributed by atoms with van der Waals surface area (Å²) in [4.78, 5) is 11.2. The Morgan fingerprint density at radius 2 is 2.21 bits per heavy atom. The molecule has 0 saturated heterocycles. The second kappa shape index (κ2) is 12.9. The first kappa shape index (κ1) is 24.6. The van der Waals surface area contributed by atoms with E-state index < -0.39 is 0 Å². The maximum absolute atomic E-state index is 13.2. The third-order valence-electron chi connectivity index (χ3n) is 3.78. The molecule has 0 spiro atoms. The summed E-state index contributed by atoms with van der Waals surface area (Å²) in [5.74, 6) is 0.968. The van der Waals surface area contributed by atoms with Crippen LogP contribution < -0.4 is 10.1 Å². The quantitative estimate of drug-likeness (QED) is 0.233. The fourth-order valence-corrected chi connectivity index (χ4v) is 3.18. The molecule has 1 unspecified atom stereocenters. The van der Waals surface area contributed by atoms with Crippen molar-refractivity contribution in [2.75, 3.05) is 33.9 Å². The molecule has 0 aliphatic heterocycles. The number of nitrogens with zero attached hydrogens (tertiary/aromatic N) is 3. The molecular formula is C19H28FIN4O2S. The van der Waals surface area contributed by atoms with Crippen LogP contribution in [0.25, 0.3) is 0 Å². The molecule has 6 nitrogen and oxygen atoms in total. The predicted octanol–water partition coefficient (Wildman–Crippen LogP) is 4.08. The third-order valence-corrected chi connectivity index (χ3v) is 4.84. The Bertz CT molecular complexity index is 744. The molecule has 0 aliphatic rings. The standard InChI is InChI=1S/C19H27FN4O2S.HI/c1-5-21-19(22-9-10-26-17-8-6-7-15(20)11-17)24(3)12-16-13-27-18(23-16)14(2)25-4;/h6-8,11,13-14H,5,9-10,12H2,1-4H3,(H,21,22);1H. The molecule has 1 N–H and O–H groups in total. The van der Waals surface area contributed by atoms with E-state index in [4.69, 9.17) is 9.47 Å². The summed E-state index contributed by atoms with van der Waals surface area (Å²) in [6, 6.07) is 6.10. The Kier molecular flexibility index (Phi) is 11.3. The van der Waals surface area contributed by atoms with E-state index in [0.717, 1.165) is 23.2 Å². The largest absolute Gasteiger partial charge is 0.492 e. The van der Waals surface area contributed by atoms with Gasteiger partial charge >= 0.3 is 0 Å². The summed E-state index contributed by atoms with van der Waals surface area (Å²) >= 11 is 1.60. The zero-order chi connectivity index (χ0) is 19.6. The molecule has 1 atom stereocenters. The molecular weight excluding hydrogens is 494 g/mol. The van der Waals surface area contributed by atoms with Gasteiger partial charge in [-0.05, 0) is 26.0 Å². The second-order valence-corrected chi connectivity index (χ2v) is 6.84. The minimum absolute atomic E-state index is 0. The van der Waals surface area contributed by atoms with Gasteiger partial charge in [0.05, 0.1) is 18.8 Å². The molecule has 9 heteroatoms. The van der Waals surface area contributed by atoms with E-state index in [1.165, 1.54) is 12.1 Å². The molecule has 0 bridgehead atoms. The molecule has 1 aromatic heterocycles. The number of guanidine groups is 1. The van der Waals surface area contributed by atoms with Gasteiger partial charge in [-0.25, -0.2) is 14.4 Å². The zero-order valence-electron chi connectivity index (χ0n) is 16.6. The lowest BCUT2D eigenvalue weighted by Gasteiger charge is -2.21. The van der Waals surface area contributed by atoms with E-state index >= 15 is 0 Å². The van der Waals surface area contributed by atoms with Gasteiger partial charge < -0.3 is 19.7 Å². The van der Waals surface area contributed by atoms with Crippen molar-refractivity contribution in [1.82, 2.24) is 15.2 Å². The number of methoxy groups -OCH3 is 1. The maximum atomic E-state index is 13.2. The van der Waals surface area contributed by atoms with Crippen LogP contribution in [0.4, 0.5) is 4.39 Å². The Hall–Kier alpha value is -1.46. The number of aliphatic imine (C=N–C) groups is 1. The monoisotopic (exact) mass is 522 g/mol. The summed E-state index contributed by atoms with van der Waals surface area (Å²) in [5.41, 5.74) is 0.975. The van der Waals surface area contributed by atoms with Crippen LogP contribution in [-0.4, -0.2) is 49.7 Å². The Morgan fingerprint density at radius 3 is 2.89 bits per heavy atom. The van der Waals surface area contributed by atoms with Crippen molar-refractivity contribution in [2.24, 2.45) is 4.99 Å². The van der Waals surface area contributed by atoms with Crippen molar-refractivity contribution < 1.29 is 13.9 Å². The highest BCUT2D eigenvalue weighted by Gasteiger charge is 2.12. The van der Waals surface area contributed by atoms with Crippen molar-refractivity contribution in [3.63, 3.8) is 0 Å². The van der Waals surface area contributed by atoms with Crippen LogP contribution in [0.5, 0.6) is 5.75 Å². The molecule has 1 aromatic carbocycles. The molecule has 156 valence electrons. The minimum atomic E-state index is -0.311. The van der Waals surface area contributed by atoms with E-state index in [0.29, 0.717) is 25.4 Å². The second-order valence-electron chi connectivity index (χ2n) is 5.95. The first-order valence-corrected chi connectivity index (χ1v) is 9.76. The number of aromatic nitrogens is 1. The van der Waals surface area contributed by atoms with Crippen LogP contribution in [0.15, 0.2) is 34.6 Å². The van der Waals surface area contributed by atoms with Gasteiger partial charge in [-0.15, -0.1) is 35.3 Å². The summed E-state index contributed by atoms with van der Waals surface area (Å²) < 4.78 is 24.0. The Labute approximate surface area is 187 Å². The number of nitrogens with one attached hydrogen (secondary N) is 1. The van der Waals surface area contributed by atoms with Crippen LogP contribution in [0.2, 0.25) is 0 Å². The summed E-state index contributed by atoms with van der Waals surface area (Å²) in [5, 5.41) is 6.27. The Morgan fingerprint density at radius 1 is 1.43 bits per heavy atom. The van der Waals surface area contributed by atoms with Crippen LogP contribution in [0, 0.1) is 5.82 Å². The fourth-order valence-electron chi connectivity index (χ4n) is 2.34. The van der Waals surface area contributed by atoms with Gasteiger partial charge in [0, 0.05) is 32.1 Å². The van der Waals surface area contributed by atoms with Crippen LogP contribution >= 0.6 is 35.3 Å². The van der Waals surface area contributed by atoms with E-state index in [1.807, 2.05) is 31.2 Å². The lowest BCUT2D eigenvalue weighted by atomic mass is 10.3. The van der Waals surface area contributed by atoms with Gasteiger partial charge in [0.2, 0.25) is 0 Å². The van der Waals surface area contributed by atoms with E-state index in [-0.39, 0.29) is 35.9 Å². The highest BCUT2D eigenvalue weighted by molar-refractivity contribution is 14.0. The van der Waals surface area contributed by atoms with Crippen molar-refractivity contribution in [3.8, 4) is 5.75 Å².